The van der Waals surface area contributed by atoms with Crippen LogP contribution in [0.3, 0.4) is 0 Å². The smallest absolute Gasteiger partial charge is 0.321 e. The predicted molar refractivity (Wildman–Crippen MR) is 106 cm³/mol. The Hall–Kier alpha value is -2.04. The second-order valence-electron chi connectivity index (χ2n) is 7.22. The zero-order chi connectivity index (χ0) is 17.9. The summed E-state index contributed by atoms with van der Waals surface area (Å²) >= 11 is 5.88. The van der Waals surface area contributed by atoms with Gasteiger partial charge in [0.25, 0.3) is 0 Å². The van der Waals surface area contributed by atoms with E-state index < -0.39 is 0 Å². The molecule has 0 spiro atoms. The molecule has 4 nitrogen and oxygen atoms in total. The van der Waals surface area contributed by atoms with E-state index in [1.807, 2.05) is 17.0 Å². The van der Waals surface area contributed by atoms with Crippen molar-refractivity contribution in [2.24, 2.45) is 0 Å². The largest absolute Gasteiger partial charge is 0.321 e. The fraction of sp³-hybridized carbons (Fsp3) is 0.381. The number of hydrogen-bond acceptors (Lipinski definition) is 2. The number of benzene rings is 2. The minimum Gasteiger partial charge on any atom is -0.321 e. The van der Waals surface area contributed by atoms with Gasteiger partial charge in [0, 0.05) is 29.8 Å². The van der Waals surface area contributed by atoms with Crippen molar-refractivity contribution in [3.63, 3.8) is 0 Å². The molecule has 2 aliphatic rings. The SMILES string of the molecule is O=C(Nc1ccc(Cl)cc1)N1CC(N2CCC(c3ccccc3)CC2)C1. The van der Waals surface area contributed by atoms with Gasteiger partial charge in [0.05, 0.1) is 0 Å². The van der Waals surface area contributed by atoms with E-state index in [1.165, 1.54) is 18.4 Å². The van der Waals surface area contributed by atoms with Crippen LogP contribution in [-0.2, 0) is 0 Å². The van der Waals surface area contributed by atoms with Crippen LogP contribution in [0.4, 0.5) is 10.5 Å². The first-order valence-corrected chi connectivity index (χ1v) is 9.67. The van der Waals surface area contributed by atoms with Crippen LogP contribution in [0.5, 0.6) is 0 Å². The Kier molecular flexibility index (Phi) is 5.14. The Morgan fingerprint density at radius 1 is 0.962 bits per heavy atom. The number of anilines is 1. The zero-order valence-electron chi connectivity index (χ0n) is 14.8. The molecule has 2 aromatic carbocycles. The lowest BCUT2D eigenvalue weighted by molar-refractivity contribution is 0.0454. The van der Waals surface area contributed by atoms with Gasteiger partial charge < -0.3 is 10.2 Å². The summed E-state index contributed by atoms with van der Waals surface area (Å²) in [5, 5.41) is 3.61. The number of rotatable bonds is 3. The van der Waals surface area contributed by atoms with Crippen molar-refractivity contribution < 1.29 is 4.79 Å². The van der Waals surface area contributed by atoms with Gasteiger partial charge in [-0.3, -0.25) is 4.90 Å². The first-order valence-electron chi connectivity index (χ1n) is 9.29. The number of nitrogens with one attached hydrogen (secondary N) is 1. The van der Waals surface area contributed by atoms with Gasteiger partial charge in [-0.05, 0) is 61.7 Å². The van der Waals surface area contributed by atoms with E-state index in [1.54, 1.807) is 12.1 Å². The molecular weight excluding hydrogens is 346 g/mol. The highest BCUT2D eigenvalue weighted by Crippen LogP contribution is 2.30. The Labute approximate surface area is 159 Å². The van der Waals surface area contributed by atoms with Gasteiger partial charge in [0.15, 0.2) is 0 Å². The van der Waals surface area contributed by atoms with E-state index in [-0.39, 0.29) is 6.03 Å². The average molecular weight is 370 g/mol. The van der Waals surface area contributed by atoms with E-state index in [9.17, 15) is 4.79 Å². The van der Waals surface area contributed by atoms with Crippen LogP contribution in [0, 0.1) is 0 Å². The van der Waals surface area contributed by atoms with Crippen LogP contribution in [0.25, 0.3) is 0 Å². The van der Waals surface area contributed by atoms with E-state index in [0.717, 1.165) is 31.9 Å². The Morgan fingerprint density at radius 2 is 1.62 bits per heavy atom. The van der Waals surface area contributed by atoms with Gasteiger partial charge in [0.2, 0.25) is 0 Å². The van der Waals surface area contributed by atoms with Gasteiger partial charge >= 0.3 is 6.03 Å². The van der Waals surface area contributed by atoms with Gasteiger partial charge in [-0.25, -0.2) is 4.79 Å². The molecule has 0 bridgehead atoms. The van der Waals surface area contributed by atoms with Crippen molar-refractivity contribution in [3.05, 3.63) is 65.2 Å². The van der Waals surface area contributed by atoms with Crippen LogP contribution in [-0.4, -0.2) is 48.1 Å². The molecule has 5 heteroatoms. The summed E-state index contributed by atoms with van der Waals surface area (Å²) in [6.45, 7) is 3.87. The van der Waals surface area contributed by atoms with E-state index >= 15 is 0 Å². The maximum Gasteiger partial charge on any atom is 0.321 e. The highest BCUT2D eigenvalue weighted by molar-refractivity contribution is 6.30. The summed E-state index contributed by atoms with van der Waals surface area (Å²) in [7, 11) is 0. The van der Waals surface area contributed by atoms with Crippen molar-refractivity contribution in [1.29, 1.82) is 0 Å². The molecule has 2 fully saturated rings. The van der Waals surface area contributed by atoms with Gasteiger partial charge in [-0.15, -0.1) is 0 Å². The minimum absolute atomic E-state index is 0.0252. The highest BCUT2D eigenvalue weighted by Gasteiger charge is 2.36. The molecule has 2 aliphatic heterocycles. The second-order valence-corrected chi connectivity index (χ2v) is 7.65. The summed E-state index contributed by atoms with van der Waals surface area (Å²) in [4.78, 5) is 16.7. The van der Waals surface area contributed by atoms with Gasteiger partial charge in [-0.2, -0.15) is 0 Å². The van der Waals surface area contributed by atoms with E-state index in [4.69, 9.17) is 11.6 Å². The third-order valence-electron chi connectivity index (χ3n) is 5.56. The van der Waals surface area contributed by atoms with Crippen molar-refractivity contribution in [2.75, 3.05) is 31.5 Å². The average Bonchev–Trinajstić information content (AvgIpc) is 2.64. The van der Waals surface area contributed by atoms with Crippen molar-refractivity contribution >= 4 is 23.3 Å². The number of halogens is 1. The number of carbonyl (C=O) groups is 1. The molecule has 136 valence electrons. The molecule has 2 heterocycles. The van der Waals surface area contributed by atoms with Crippen LogP contribution < -0.4 is 5.32 Å². The zero-order valence-corrected chi connectivity index (χ0v) is 15.5. The predicted octanol–water partition coefficient (Wildman–Crippen LogP) is 4.44. The summed E-state index contributed by atoms with van der Waals surface area (Å²) in [5.41, 5.74) is 2.25. The standard InChI is InChI=1S/C21H24ClN3O/c22-18-6-8-19(9-7-18)23-21(26)25-14-20(15-25)24-12-10-17(11-13-24)16-4-2-1-3-5-16/h1-9,17,20H,10-15H2,(H,23,26). The lowest BCUT2D eigenvalue weighted by Gasteiger charge is -2.47. The van der Waals surface area contributed by atoms with Crippen molar-refractivity contribution in [3.8, 4) is 0 Å². The van der Waals surface area contributed by atoms with Crippen molar-refractivity contribution in [2.45, 2.75) is 24.8 Å². The number of likely N-dealkylation sites (tertiary alicyclic amines) is 2. The Morgan fingerprint density at radius 3 is 2.27 bits per heavy atom. The number of urea groups is 1. The molecule has 2 aromatic rings. The maximum absolute atomic E-state index is 12.3. The quantitative estimate of drug-likeness (QED) is 0.868. The summed E-state index contributed by atoms with van der Waals surface area (Å²) in [5.74, 6) is 0.678. The van der Waals surface area contributed by atoms with Crippen LogP contribution in [0.2, 0.25) is 5.02 Å². The molecular formula is C21H24ClN3O. The molecule has 0 aliphatic carbocycles. The topological polar surface area (TPSA) is 35.6 Å². The lowest BCUT2D eigenvalue weighted by Crippen LogP contribution is -2.62. The monoisotopic (exact) mass is 369 g/mol. The number of nitrogens with zero attached hydrogens (tertiary/aromatic N) is 2. The number of carbonyl (C=O) groups excluding carboxylic acids is 1. The highest BCUT2D eigenvalue weighted by atomic mass is 35.5. The number of amides is 2. The fourth-order valence-electron chi connectivity index (χ4n) is 3.91. The normalized spacial score (nSPS) is 19.2. The van der Waals surface area contributed by atoms with Crippen LogP contribution >= 0.6 is 11.6 Å². The minimum atomic E-state index is -0.0252. The van der Waals surface area contributed by atoms with Crippen LogP contribution in [0.1, 0.15) is 24.3 Å². The first kappa shape index (κ1) is 17.4. The molecule has 0 unspecified atom stereocenters. The number of piperidine rings is 1. The van der Waals surface area contributed by atoms with E-state index in [0.29, 0.717) is 17.0 Å². The molecule has 0 radical (unpaired) electrons. The fourth-order valence-corrected chi connectivity index (χ4v) is 4.04. The first-order chi connectivity index (χ1) is 12.7. The Bertz CT molecular complexity index is 736. The Balaban J connectivity index is 1.23. The third-order valence-corrected chi connectivity index (χ3v) is 5.81. The molecule has 2 saturated heterocycles. The molecule has 26 heavy (non-hydrogen) atoms. The van der Waals surface area contributed by atoms with Gasteiger partial charge in [-0.1, -0.05) is 41.9 Å². The van der Waals surface area contributed by atoms with Crippen molar-refractivity contribution in [1.82, 2.24) is 9.80 Å². The van der Waals surface area contributed by atoms with Crippen LogP contribution in [0.15, 0.2) is 54.6 Å². The lowest BCUT2D eigenvalue weighted by atomic mass is 9.88. The third kappa shape index (κ3) is 3.87. The summed E-state index contributed by atoms with van der Waals surface area (Å²) < 4.78 is 0. The molecule has 2 amide bonds. The van der Waals surface area contributed by atoms with Gasteiger partial charge in [0.1, 0.15) is 0 Å². The number of hydrogen-bond donors (Lipinski definition) is 1. The maximum atomic E-state index is 12.3. The molecule has 0 saturated carbocycles. The molecule has 0 aromatic heterocycles. The molecule has 0 atom stereocenters. The second kappa shape index (κ2) is 7.68. The summed E-state index contributed by atoms with van der Waals surface area (Å²) in [6.07, 6.45) is 2.41. The van der Waals surface area contributed by atoms with E-state index in [2.05, 4.69) is 40.5 Å². The summed E-state index contributed by atoms with van der Waals surface area (Å²) in [6, 6.07) is 18.5. The molecule has 1 N–H and O–H groups in total. The molecule has 4 rings (SSSR count).